The summed E-state index contributed by atoms with van der Waals surface area (Å²) in [7, 11) is 0. The maximum Gasteiger partial charge on any atom is 0.162 e. The first-order valence-electron chi connectivity index (χ1n) is 4.44. The minimum atomic E-state index is -0.0435. The molecule has 0 amide bonds. The Morgan fingerprint density at radius 2 is 2.20 bits per heavy atom. The quantitative estimate of drug-likeness (QED) is 0.637. The van der Waals surface area contributed by atoms with Gasteiger partial charge < -0.3 is 5.73 Å². The van der Waals surface area contributed by atoms with Crippen LogP contribution in [-0.2, 0) is 0 Å². The SMILES string of the molecule is CC(=O)c1c(N)ccc2ncc(Br)cc12. The van der Waals surface area contributed by atoms with Gasteiger partial charge in [-0.25, -0.2) is 0 Å². The molecule has 0 aliphatic rings. The summed E-state index contributed by atoms with van der Waals surface area (Å²) < 4.78 is 0.836. The van der Waals surface area contributed by atoms with Crippen molar-refractivity contribution in [2.24, 2.45) is 0 Å². The molecule has 0 aliphatic carbocycles. The molecule has 0 bridgehead atoms. The Kier molecular flexibility index (Phi) is 2.44. The minimum absolute atomic E-state index is 0.0435. The van der Waals surface area contributed by atoms with Gasteiger partial charge in [0.25, 0.3) is 0 Å². The van der Waals surface area contributed by atoms with Gasteiger partial charge in [0.05, 0.1) is 5.52 Å². The number of carbonyl (C=O) groups is 1. The number of aromatic nitrogens is 1. The number of carbonyl (C=O) groups excluding carboxylic acids is 1. The lowest BCUT2D eigenvalue weighted by Crippen LogP contribution is -2.01. The highest BCUT2D eigenvalue weighted by Crippen LogP contribution is 2.25. The van der Waals surface area contributed by atoms with Crippen molar-refractivity contribution in [2.45, 2.75) is 6.92 Å². The number of halogens is 1. The van der Waals surface area contributed by atoms with Crippen molar-refractivity contribution in [1.82, 2.24) is 4.98 Å². The van der Waals surface area contributed by atoms with E-state index in [0.29, 0.717) is 11.3 Å². The molecule has 2 rings (SSSR count). The van der Waals surface area contributed by atoms with Crippen LogP contribution in [0.5, 0.6) is 0 Å². The van der Waals surface area contributed by atoms with Gasteiger partial charge in [-0.2, -0.15) is 0 Å². The van der Waals surface area contributed by atoms with E-state index in [4.69, 9.17) is 5.73 Å². The van der Waals surface area contributed by atoms with Crippen LogP contribution < -0.4 is 5.73 Å². The number of pyridine rings is 1. The van der Waals surface area contributed by atoms with E-state index in [-0.39, 0.29) is 5.78 Å². The van der Waals surface area contributed by atoms with Crippen molar-refractivity contribution in [3.8, 4) is 0 Å². The van der Waals surface area contributed by atoms with Crippen LogP contribution in [0.1, 0.15) is 17.3 Å². The Morgan fingerprint density at radius 3 is 2.87 bits per heavy atom. The maximum atomic E-state index is 11.5. The number of anilines is 1. The molecular weight excluding hydrogens is 256 g/mol. The lowest BCUT2D eigenvalue weighted by molar-refractivity contribution is 0.102. The predicted octanol–water partition coefficient (Wildman–Crippen LogP) is 2.78. The molecular formula is C11H9BrN2O. The molecule has 1 heterocycles. The van der Waals surface area contributed by atoms with Crippen LogP contribution in [0.15, 0.2) is 28.9 Å². The van der Waals surface area contributed by atoms with Gasteiger partial charge in [0.1, 0.15) is 0 Å². The molecule has 0 fully saturated rings. The molecule has 0 saturated heterocycles. The molecule has 0 radical (unpaired) electrons. The number of nitrogen functional groups attached to an aromatic ring is 1. The zero-order chi connectivity index (χ0) is 11.0. The molecule has 0 saturated carbocycles. The monoisotopic (exact) mass is 264 g/mol. The zero-order valence-electron chi connectivity index (χ0n) is 8.12. The molecule has 0 unspecified atom stereocenters. The minimum Gasteiger partial charge on any atom is -0.398 e. The van der Waals surface area contributed by atoms with Crippen molar-refractivity contribution in [3.05, 3.63) is 34.4 Å². The van der Waals surface area contributed by atoms with Gasteiger partial charge in [0, 0.05) is 27.3 Å². The van der Waals surface area contributed by atoms with Crippen LogP contribution in [-0.4, -0.2) is 10.8 Å². The number of nitrogens with zero attached hydrogens (tertiary/aromatic N) is 1. The first-order valence-corrected chi connectivity index (χ1v) is 5.23. The Labute approximate surface area is 95.4 Å². The zero-order valence-corrected chi connectivity index (χ0v) is 9.71. The lowest BCUT2D eigenvalue weighted by Gasteiger charge is -2.06. The molecule has 0 atom stereocenters. The van der Waals surface area contributed by atoms with Gasteiger partial charge in [-0.05, 0) is 41.1 Å². The molecule has 3 nitrogen and oxygen atoms in total. The molecule has 2 N–H and O–H groups in total. The maximum absolute atomic E-state index is 11.5. The van der Waals surface area contributed by atoms with E-state index >= 15 is 0 Å². The van der Waals surface area contributed by atoms with Crippen molar-refractivity contribution >= 4 is 38.3 Å². The Hall–Kier alpha value is -1.42. The Morgan fingerprint density at radius 1 is 1.47 bits per heavy atom. The highest BCUT2D eigenvalue weighted by molar-refractivity contribution is 9.10. The second-order valence-electron chi connectivity index (χ2n) is 3.31. The van der Waals surface area contributed by atoms with Gasteiger partial charge in [-0.3, -0.25) is 9.78 Å². The molecule has 76 valence electrons. The predicted molar refractivity (Wildman–Crippen MR) is 63.9 cm³/mol. The first-order chi connectivity index (χ1) is 7.09. The van der Waals surface area contributed by atoms with E-state index in [1.54, 1.807) is 12.3 Å². The molecule has 2 aromatic rings. The molecule has 0 aliphatic heterocycles. The van der Waals surface area contributed by atoms with Crippen LogP contribution in [0.4, 0.5) is 5.69 Å². The second kappa shape index (κ2) is 3.62. The van der Waals surface area contributed by atoms with Crippen LogP contribution in [0.2, 0.25) is 0 Å². The fourth-order valence-corrected chi connectivity index (χ4v) is 1.91. The summed E-state index contributed by atoms with van der Waals surface area (Å²) in [5.74, 6) is -0.0435. The number of Topliss-reactive ketones (excluding diaryl/α,β-unsaturated/α-hetero) is 1. The van der Waals surface area contributed by atoms with Crippen LogP contribution in [0.25, 0.3) is 10.9 Å². The molecule has 4 heteroatoms. The molecule has 0 spiro atoms. The van der Waals surface area contributed by atoms with Crippen molar-refractivity contribution < 1.29 is 4.79 Å². The number of ketones is 1. The van der Waals surface area contributed by atoms with Gasteiger partial charge in [0.15, 0.2) is 5.78 Å². The largest absolute Gasteiger partial charge is 0.398 e. The summed E-state index contributed by atoms with van der Waals surface area (Å²) in [4.78, 5) is 15.7. The Balaban J connectivity index is 2.90. The summed E-state index contributed by atoms with van der Waals surface area (Å²) in [5, 5.41) is 0.789. The van der Waals surface area contributed by atoms with Gasteiger partial charge in [0.2, 0.25) is 0 Å². The lowest BCUT2D eigenvalue weighted by atomic mass is 10.0. The van der Waals surface area contributed by atoms with E-state index in [1.165, 1.54) is 6.92 Å². The van der Waals surface area contributed by atoms with E-state index in [2.05, 4.69) is 20.9 Å². The number of fused-ring (bicyclic) bond motifs is 1. The van der Waals surface area contributed by atoms with E-state index < -0.39 is 0 Å². The number of nitrogens with two attached hydrogens (primary N) is 1. The third-order valence-electron chi connectivity index (χ3n) is 2.22. The standard InChI is InChI=1S/C11H9BrN2O/c1-6(15)11-8-4-7(12)5-14-10(8)3-2-9(11)13/h2-5H,13H2,1H3. The normalized spacial score (nSPS) is 10.5. The fourth-order valence-electron chi connectivity index (χ4n) is 1.58. The van der Waals surface area contributed by atoms with Gasteiger partial charge in [-0.1, -0.05) is 0 Å². The molecule has 1 aromatic carbocycles. The second-order valence-corrected chi connectivity index (χ2v) is 4.22. The van der Waals surface area contributed by atoms with Crippen molar-refractivity contribution in [1.29, 1.82) is 0 Å². The third kappa shape index (κ3) is 1.72. The van der Waals surface area contributed by atoms with E-state index in [0.717, 1.165) is 15.4 Å². The first kappa shape index (κ1) is 10.1. The van der Waals surface area contributed by atoms with Crippen LogP contribution >= 0.6 is 15.9 Å². The number of hydrogen-bond donors (Lipinski definition) is 1. The summed E-state index contributed by atoms with van der Waals surface area (Å²) >= 11 is 3.33. The fraction of sp³-hybridized carbons (Fsp3) is 0.0909. The number of benzene rings is 1. The summed E-state index contributed by atoms with van der Waals surface area (Å²) in [5.41, 5.74) is 7.59. The number of hydrogen-bond acceptors (Lipinski definition) is 3. The third-order valence-corrected chi connectivity index (χ3v) is 2.65. The van der Waals surface area contributed by atoms with E-state index in [9.17, 15) is 4.79 Å². The highest BCUT2D eigenvalue weighted by Gasteiger charge is 2.10. The smallest absolute Gasteiger partial charge is 0.162 e. The summed E-state index contributed by atoms with van der Waals surface area (Å²) in [6, 6.07) is 5.37. The van der Waals surface area contributed by atoms with Crippen LogP contribution in [0.3, 0.4) is 0 Å². The van der Waals surface area contributed by atoms with Gasteiger partial charge >= 0.3 is 0 Å². The highest BCUT2D eigenvalue weighted by atomic mass is 79.9. The average Bonchev–Trinajstić information content (AvgIpc) is 2.16. The molecule has 1 aromatic heterocycles. The average molecular weight is 265 g/mol. The topological polar surface area (TPSA) is 56.0 Å². The molecule has 15 heavy (non-hydrogen) atoms. The Bertz CT molecular complexity index is 546. The van der Waals surface area contributed by atoms with Crippen LogP contribution in [0, 0.1) is 0 Å². The van der Waals surface area contributed by atoms with Crippen molar-refractivity contribution in [2.75, 3.05) is 5.73 Å². The summed E-state index contributed by atoms with van der Waals surface area (Å²) in [6.07, 6.45) is 1.70. The van der Waals surface area contributed by atoms with Crippen molar-refractivity contribution in [3.63, 3.8) is 0 Å². The summed E-state index contributed by atoms with van der Waals surface area (Å²) in [6.45, 7) is 1.51. The van der Waals surface area contributed by atoms with Gasteiger partial charge in [-0.15, -0.1) is 0 Å². The van der Waals surface area contributed by atoms with E-state index in [1.807, 2.05) is 12.1 Å². The number of rotatable bonds is 1.